The van der Waals surface area contributed by atoms with Crippen molar-refractivity contribution < 1.29 is 19.4 Å². The molecule has 1 aliphatic rings. The maximum atomic E-state index is 12.2. The molecule has 1 fully saturated rings. The standard InChI is InChI=1S/C15H18INO4/c1-15(7-2-8-21-15)14(20)17-12(13(18)19)9-10-3-5-11(16)6-4-10/h3-6,12H,2,7-9H2,1H3,(H,17,20)(H,18,19)/t12-,15?/m0/s1. The number of carbonyl (C=O) groups is 2. The van der Waals surface area contributed by atoms with Crippen molar-refractivity contribution in [3.8, 4) is 0 Å². The molecule has 6 heteroatoms. The van der Waals surface area contributed by atoms with E-state index in [0.29, 0.717) is 13.0 Å². The SMILES string of the molecule is CC1(C(=O)N[C@@H](Cc2ccc(I)cc2)C(=O)O)CCCO1. The van der Waals surface area contributed by atoms with E-state index >= 15 is 0 Å². The van der Waals surface area contributed by atoms with Gasteiger partial charge in [0.15, 0.2) is 0 Å². The minimum atomic E-state index is -1.04. The Bertz CT molecular complexity index is 523. The molecule has 0 saturated carbocycles. The zero-order valence-corrected chi connectivity index (χ0v) is 13.9. The number of benzene rings is 1. The van der Waals surface area contributed by atoms with E-state index in [0.717, 1.165) is 15.6 Å². The van der Waals surface area contributed by atoms with E-state index in [-0.39, 0.29) is 12.3 Å². The van der Waals surface area contributed by atoms with Gasteiger partial charge in [0.1, 0.15) is 11.6 Å². The predicted molar refractivity (Wildman–Crippen MR) is 86.0 cm³/mol. The first-order valence-electron chi connectivity index (χ1n) is 6.83. The van der Waals surface area contributed by atoms with Gasteiger partial charge in [0.25, 0.3) is 5.91 Å². The first-order valence-corrected chi connectivity index (χ1v) is 7.91. The fourth-order valence-corrected chi connectivity index (χ4v) is 2.68. The van der Waals surface area contributed by atoms with Gasteiger partial charge in [0, 0.05) is 16.6 Å². The fraction of sp³-hybridized carbons (Fsp3) is 0.467. The molecule has 114 valence electrons. The molecule has 0 aliphatic carbocycles. The van der Waals surface area contributed by atoms with Crippen LogP contribution in [0.3, 0.4) is 0 Å². The highest BCUT2D eigenvalue weighted by Crippen LogP contribution is 2.25. The monoisotopic (exact) mass is 403 g/mol. The lowest BCUT2D eigenvalue weighted by Gasteiger charge is -2.24. The molecule has 0 spiro atoms. The van der Waals surface area contributed by atoms with Crippen molar-refractivity contribution >= 4 is 34.5 Å². The van der Waals surface area contributed by atoms with Crippen LogP contribution in [0.25, 0.3) is 0 Å². The van der Waals surface area contributed by atoms with Gasteiger partial charge in [-0.15, -0.1) is 0 Å². The molecular weight excluding hydrogens is 385 g/mol. The zero-order valence-electron chi connectivity index (χ0n) is 11.8. The van der Waals surface area contributed by atoms with Gasteiger partial charge in [0.05, 0.1) is 0 Å². The molecular formula is C15H18INO4. The third kappa shape index (κ3) is 4.16. The maximum Gasteiger partial charge on any atom is 0.326 e. The molecule has 0 bridgehead atoms. The Kier molecular flexibility index (Phi) is 5.21. The van der Waals surface area contributed by atoms with Crippen molar-refractivity contribution in [2.24, 2.45) is 0 Å². The molecule has 1 aromatic carbocycles. The van der Waals surface area contributed by atoms with E-state index in [4.69, 9.17) is 4.74 Å². The van der Waals surface area contributed by atoms with Crippen LogP contribution < -0.4 is 5.32 Å². The number of hydrogen-bond acceptors (Lipinski definition) is 3. The molecule has 1 heterocycles. The number of carboxylic acids is 1. The second kappa shape index (κ2) is 6.74. The van der Waals surface area contributed by atoms with Crippen molar-refractivity contribution in [3.63, 3.8) is 0 Å². The van der Waals surface area contributed by atoms with Crippen LogP contribution in [0.15, 0.2) is 24.3 Å². The molecule has 2 rings (SSSR count). The highest BCUT2D eigenvalue weighted by Gasteiger charge is 2.39. The largest absolute Gasteiger partial charge is 0.480 e. The topological polar surface area (TPSA) is 75.6 Å². The van der Waals surface area contributed by atoms with Gasteiger partial charge in [-0.1, -0.05) is 12.1 Å². The lowest BCUT2D eigenvalue weighted by molar-refractivity contribution is -0.147. The van der Waals surface area contributed by atoms with Gasteiger partial charge >= 0.3 is 5.97 Å². The quantitative estimate of drug-likeness (QED) is 0.738. The number of amides is 1. The summed E-state index contributed by atoms with van der Waals surface area (Å²) in [6.07, 6.45) is 1.70. The van der Waals surface area contributed by atoms with Crippen molar-refractivity contribution in [2.75, 3.05) is 6.61 Å². The Balaban J connectivity index is 2.04. The number of aliphatic carboxylic acids is 1. The molecule has 1 aromatic rings. The second-order valence-electron chi connectivity index (χ2n) is 5.38. The van der Waals surface area contributed by atoms with Crippen molar-refractivity contribution in [3.05, 3.63) is 33.4 Å². The lowest BCUT2D eigenvalue weighted by atomic mass is 10.00. The summed E-state index contributed by atoms with van der Waals surface area (Å²) in [6, 6.07) is 6.63. The Morgan fingerprint density at radius 1 is 1.43 bits per heavy atom. The van der Waals surface area contributed by atoms with Crippen LogP contribution in [0.2, 0.25) is 0 Å². The number of ether oxygens (including phenoxy) is 1. The summed E-state index contributed by atoms with van der Waals surface area (Å²) >= 11 is 2.19. The zero-order chi connectivity index (χ0) is 15.5. The second-order valence-corrected chi connectivity index (χ2v) is 6.62. The summed E-state index contributed by atoms with van der Waals surface area (Å²) in [5.74, 6) is -1.39. The number of carbonyl (C=O) groups excluding carboxylic acids is 1. The maximum absolute atomic E-state index is 12.2. The molecule has 0 aromatic heterocycles. The average Bonchev–Trinajstić information content (AvgIpc) is 2.88. The van der Waals surface area contributed by atoms with Crippen LogP contribution in [-0.4, -0.2) is 35.2 Å². The summed E-state index contributed by atoms with van der Waals surface area (Å²) in [4.78, 5) is 23.6. The van der Waals surface area contributed by atoms with Crippen LogP contribution in [0.4, 0.5) is 0 Å². The van der Waals surface area contributed by atoms with Gasteiger partial charge in [-0.05, 0) is 60.1 Å². The summed E-state index contributed by atoms with van der Waals surface area (Å²) in [5.41, 5.74) is -0.0274. The van der Waals surface area contributed by atoms with Crippen molar-refractivity contribution in [1.29, 1.82) is 0 Å². The minimum Gasteiger partial charge on any atom is -0.480 e. The van der Waals surface area contributed by atoms with Crippen LogP contribution in [0.5, 0.6) is 0 Å². The van der Waals surface area contributed by atoms with E-state index in [9.17, 15) is 14.7 Å². The van der Waals surface area contributed by atoms with Gasteiger partial charge in [-0.25, -0.2) is 4.79 Å². The molecule has 2 N–H and O–H groups in total. The Morgan fingerprint density at radius 2 is 2.10 bits per heavy atom. The van der Waals surface area contributed by atoms with Crippen LogP contribution >= 0.6 is 22.6 Å². The summed E-state index contributed by atoms with van der Waals surface area (Å²) in [7, 11) is 0. The van der Waals surface area contributed by atoms with Crippen molar-refractivity contribution in [1.82, 2.24) is 5.32 Å². The number of hydrogen-bond donors (Lipinski definition) is 2. The number of carboxylic acid groups (broad SMARTS) is 1. The van der Waals surface area contributed by atoms with E-state index in [1.54, 1.807) is 6.92 Å². The van der Waals surface area contributed by atoms with Crippen molar-refractivity contribution in [2.45, 2.75) is 37.8 Å². The average molecular weight is 403 g/mol. The highest BCUT2D eigenvalue weighted by atomic mass is 127. The molecule has 1 saturated heterocycles. The lowest BCUT2D eigenvalue weighted by Crippen LogP contribution is -2.51. The van der Waals surface area contributed by atoms with Crippen LogP contribution in [0.1, 0.15) is 25.3 Å². The first-order chi connectivity index (χ1) is 9.90. The van der Waals surface area contributed by atoms with Gasteiger partial charge in [-0.3, -0.25) is 4.79 Å². The molecule has 2 atom stereocenters. The highest BCUT2D eigenvalue weighted by molar-refractivity contribution is 14.1. The molecule has 1 aliphatic heterocycles. The summed E-state index contributed by atoms with van der Waals surface area (Å²) < 4.78 is 6.53. The van der Waals surface area contributed by atoms with E-state index in [1.165, 1.54) is 0 Å². The number of rotatable bonds is 5. The van der Waals surface area contributed by atoms with Gasteiger partial charge in [0.2, 0.25) is 0 Å². The van der Waals surface area contributed by atoms with Gasteiger partial charge in [-0.2, -0.15) is 0 Å². The molecule has 5 nitrogen and oxygen atoms in total. The molecule has 1 unspecified atom stereocenters. The summed E-state index contributed by atoms with van der Waals surface area (Å²) in [6.45, 7) is 2.25. The Labute approximate surface area is 137 Å². The first kappa shape index (κ1) is 16.2. The molecule has 21 heavy (non-hydrogen) atoms. The van der Waals surface area contributed by atoms with Crippen LogP contribution in [-0.2, 0) is 20.7 Å². The smallest absolute Gasteiger partial charge is 0.326 e. The van der Waals surface area contributed by atoms with E-state index in [1.807, 2.05) is 24.3 Å². The Hall–Kier alpha value is -1.15. The van der Waals surface area contributed by atoms with E-state index in [2.05, 4.69) is 27.9 Å². The molecule has 0 radical (unpaired) electrons. The van der Waals surface area contributed by atoms with Crippen LogP contribution in [0, 0.1) is 3.57 Å². The Morgan fingerprint density at radius 3 is 2.62 bits per heavy atom. The fourth-order valence-electron chi connectivity index (χ4n) is 2.33. The third-order valence-electron chi connectivity index (χ3n) is 3.66. The number of nitrogens with one attached hydrogen (secondary N) is 1. The number of halogens is 1. The summed E-state index contributed by atoms with van der Waals surface area (Å²) in [5, 5.41) is 11.9. The molecule has 1 amide bonds. The minimum absolute atomic E-state index is 0.258. The third-order valence-corrected chi connectivity index (χ3v) is 4.37. The van der Waals surface area contributed by atoms with E-state index < -0.39 is 17.6 Å². The van der Waals surface area contributed by atoms with Gasteiger partial charge < -0.3 is 15.2 Å². The predicted octanol–water partition coefficient (Wildman–Crippen LogP) is 1.97. The normalized spacial score (nSPS) is 22.8.